The van der Waals surface area contributed by atoms with Gasteiger partial charge in [0.15, 0.2) is 0 Å². The molecule has 138 valence electrons. The van der Waals surface area contributed by atoms with Crippen molar-refractivity contribution in [2.45, 2.75) is 64.1 Å². The van der Waals surface area contributed by atoms with Crippen LogP contribution in [-0.2, 0) is 14.4 Å². The first kappa shape index (κ1) is 20.4. The highest BCUT2D eigenvalue weighted by molar-refractivity contribution is 5.93. The first-order valence-corrected chi connectivity index (χ1v) is 8.65. The molecule has 3 atom stereocenters. The van der Waals surface area contributed by atoms with Gasteiger partial charge in [-0.15, -0.1) is 0 Å². The quantitative estimate of drug-likeness (QED) is 0.400. The normalized spacial score (nSPS) is 20.0. The fraction of sp³-hybridized carbons (Fsp3) is 0.812. The van der Waals surface area contributed by atoms with Crippen LogP contribution in [0, 0.1) is 5.92 Å². The predicted molar refractivity (Wildman–Crippen MR) is 91.6 cm³/mol. The minimum Gasteiger partial charge on any atom is -0.368 e. The molecule has 0 aromatic rings. The van der Waals surface area contributed by atoms with Crippen LogP contribution in [0.3, 0.4) is 0 Å². The smallest absolute Gasteiger partial charge is 0.243 e. The van der Waals surface area contributed by atoms with Crippen molar-refractivity contribution in [3.05, 3.63) is 0 Å². The summed E-state index contributed by atoms with van der Waals surface area (Å²) < 4.78 is 0. The van der Waals surface area contributed by atoms with Crippen molar-refractivity contribution in [2.24, 2.45) is 23.1 Å². The Hall–Kier alpha value is -1.67. The molecule has 0 spiro atoms. The zero-order chi connectivity index (χ0) is 18.3. The van der Waals surface area contributed by atoms with Crippen LogP contribution in [0.4, 0.5) is 0 Å². The van der Waals surface area contributed by atoms with E-state index in [9.17, 15) is 14.4 Å². The summed E-state index contributed by atoms with van der Waals surface area (Å²) in [5.74, 6) is -1.25. The SMILES string of the molecule is CC(C)[C@H](NC(=O)[C@@H]1CCCN1C(=O)[C@@H](N)CCCCN)C(N)=O. The number of nitrogens with zero attached hydrogens (tertiary/aromatic N) is 1. The maximum absolute atomic E-state index is 12.5. The lowest BCUT2D eigenvalue weighted by atomic mass is 10.0. The van der Waals surface area contributed by atoms with E-state index >= 15 is 0 Å². The van der Waals surface area contributed by atoms with E-state index in [0.717, 1.165) is 19.3 Å². The second kappa shape index (κ2) is 9.58. The third-order valence-electron chi connectivity index (χ3n) is 4.40. The number of hydrogen-bond acceptors (Lipinski definition) is 5. The average molecular weight is 341 g/mol. The Morgan fingerprint density at radius 1 is 1.25 bits per heavy atom. The summed E-state index contributed by atoms with van der Waals surface area (Å²) >= 11 is 0. The summed E-state index contributed by atoms with van der Waals surface area (Å²) in [5, 5.41) is 2.67. The van der Waals surface area contributed by atoms with Crippen molar-refractivity contribution in [1.82, 2.24) is 10.2 Å². The van der Waals surface area contributed by atoms with Gasteiger partial charge in [0.1, 0.15) is 12.1 Å². The van der Waals surface area contributed by atoms with Crippen molar-refractivity contribution in [1.29, 1.82) is 0 Å². The summed E-state index contributed by atoms with van der Waals surface area (Å²) in [4.78, 5) is 38.0. The molecule has 0 bridgehead atoms. The van der Waals surface area contributed by atoms with Crippen molar-refractivity contribution in [2.75, 3.05) is 13.1 Å². The number of primary amides is 1. The van der Waals surface area contributed by atoms with Gasteiger partial charge in [0.05, 0.1) is 6.04 Å². The number of carbonyl (C=O) groups is 3. The standard InChI is InChI=1S/C16H31N5O3/c1-10(2)13(14(19)22)20-15(23)12-7-5-9-21(12)16(24)11(18)6-3-4-8-17/h10-13H,3-9,17-18H2,1-2H3,(H2,19,22)(H,20,23)/t11-,12-,13-/m0/s1. The fourth-order valence-electron chi connectivity index (χ4n) is 2.96. The summed E-state index contributed by atoms with van der Waals surface area (Å²) in [6, 6.07) is -1.95. The highest BCUT2D eigenvalue weighted by Crippen LogP contribution is 2.20. The van der Waals surface area contributed by atoms with Crippen molar-refractivity contribution >= 4 is 17.7 Å². The van der Waals surface area contributed by atoms with E-state index in [0.29, 0.717) is 25.9 Å². The van der Waals surface area contributed by atoms with Gasteiger partial charge in [0.25, 0.3) is 0 Å². The highest BCUT2D eigenvalue weighted by atomic mass is 16.2. The molecule has 0 radical (unpaired) electrons. The van der Waals surface area contributed by atoms with Gasteiger partial charge in [-0.05, 0) is 38.1 Å². The maximum Gasteiger partial charge on any atom is 0.243 e. The minimum atomic E-state index is -0.742. The van der Waals surface area contributed by atoms with Gasteiger partial charge in [0.2, 0.25) is 17.7 Å². The summed E-state index contributed by atoms with van der Waals surface area (Å²) in [7, 11) is 0. The summed E-state index contributed by atoms with van der Waals surface area (Å²) in [6.07, 6.45) is 3.46. The number of carbonyl (C=O) groups excluding carboxylic acids is 3. The molecule has 7 N–H and O–H groups in total. The second-order valence-corrected chi connectivity index (χ2v) is 6.71. The molecule has 1 aliphatic heterocycles. The predicted octanol–water partition coefficient (Wildman–Crippen LogP) is -0.940. The van der Waals surface area contributed by atoms with E-state index < -0.39 is 24.0 Å². The molecule has 0 aromatic heterocycles. The van der Waals surface area contributed by atoms with Gasteiger partial charge in [-0.25, -0.2) is 0 Å². The first-order chi connectivity index (χ1) is 11.3. The molecule has 1 fully saturated rings. The Balaban J connectivity index is 2.68. The Labute approximate surface area is 143 Å². The molecule has 8 heteroatoms. The monoisotopic (exact) mass is 341 g/mol. The lowest BCUT2D eigenvalue weighted by molar-refractivity contribution is -0.140. The van der Waals surface area contributed by atoms with Gasteiger partial charge in [0, 0.05) is 6.54 Å². The Kier molecular flexibility index (Phi) is 8.14. The van der Waals surface area contributed by atoms with E-state index in [1.165, 1.54) is 4.90 Å². The van der Waals surface area contributed by atoms with Crippen LogP contribution in [0.5, 0.6) is 0 Å². The molecule has 3 amide bonds. The van der Waals surface area contributed by atoms with Crippen molar-refractivity contribution in [3.8, 4) is 0 Å². The van der Waals surface area contributed by atoms with Crippen LogP contribution in [0.15, 0.2) is 0 Å². The van der Waals surface area contributed by atoms with Gasteiger partial charge in [-0.2, -0.15) is 0 Å². The van der Waals surface area contributed by atoms with Gasteiger partial charge < -0.3 is 27.4 Å². The molecular formula is C16H31N5O3. The van der Waals surface area contributed by atoms with Crippen LogP contribution >= 0.6 is 0 Å². The third-order valence-corrected chi connectivity index (χ3v) is 4.40. The third kappa shape index (κ3) is 5.45. The van der Waals surface area contributed by atoms with Crippen LogP contribution in [0.1, 0.15) is 46.0 Å². The number of rotatable bonds is 9. The Morgan fingerprint density at radius 3 is 2.46 bits per heavy atom. The van der Waals surface area contributed by atoms with E-state index in [1.54, 1.807) is 13.8 Å². The van der Waals surface area contributed by atoms with Crippen LogP contribution in [0.25, 0.3) is 0 Å². The molecule has 0 aliphatic carbocycles. The largest absolute Gasteiger partial charge is 0.368 e. The van der Waals surface area contributed by atoms with Crippen molar-refractivity contribution < 1.29 is 14.4 Å². The lowest BCUT2D eigenvalue weighted by Gasteiger charge is -2.28. The number of amides is 3. The molecule has 1 heterocycles. The first-order valence-electron chi connectivity index (χ1n) is 8.65. The number of unbranched alkanes of at least 4 members (excludes halogenated alkanes) is 1. The molecule has 0 unspecified atom stereocenters. The molecule has 0 saturated carbocycles. The highest BCUT2D eigenvalue weighted by Gasteiger charge is 2.37. The Morgan fingerprint density at radius 2 is 1.92 bits per heavy atom. The minimum absolute atomic E-state index is 0.115. The number of likely N-dealkylation sites (tertiary alicyclic amines) is 1. The van der Waals surface area contributed by atoms with Gasteiger partial charge in [-0.1, -0.05) is 20.3 Å². The number of nitrogens with one attached hydrogen (secondary N) is 1. The van der Waals surface area contributed by atoms with E-state index in [4.69, 9.17) is 17.2 Å². The molecule has 24 heavy (non-hydrogen) atoms. The van der Waals surface area contributed by atoms with Crippen molar-refractivity contribution in [3.63, 3.8) is 0 Å². The van der Waals surface area contributed by atoms with Gasteiger partial charge in [-0.3, -0.25) is 14.4 Å². The fourth-order valence-corrected chi connectivity index (χ4v) is 2.96. The van der Waals surface area contributed by atoms with Gasteiger partial charge >= 0.3 is 0 Å². The zero-order valence-corrected chi connectivity index (χ0v) is 14.7. The summed E-state index contributed by atoms with van der Waals surface area (Å²) in [5.41, 5.74) is 16.7. The van der Waals surface area contributed by atoms with Crippen LogP contribution < -0.4 is 22.5 Å². The molecule has 8 nitrogen and oxygen atoms in total. The molecule has 0 aromatic carbocycles. The zero-order valence-electron chi connectivity index (χ0n) is 14.7. The summed E-state index contributed by atoms with van der Waals surface area (Å²) in [6.45, 7) is 4.69. The van der Waals surface area contributed by atoms with Crippen LogP contribution in [0.2, 0.25) is 0 Å². The lowest BCUT2D eigenvalue weighted by Crippen LogP contribution is -2.55. The van der Waals surface area contributed by atoms with E-state index in [1.807, 2.05) is 0 Å². The Bertz CT molecular complexity index is 455. The second-order valence-electron chi connectivity index (χ2n) is 6.71. The van der Waals surface area contributed by atoms with Crippen LogP contribution in [-0.4, -0.2) is 53.8 Å². The number of nitrogens with two attached hydrogens (primary N) is 3. The van der Waals surface area contributed by atoms with E-state index in [2.05, 4.69) is 5.32 Å². The maximum atomic E-state index is 12.5. The van der Waals surface area contributed by atoms with E-state index in [-0.39, 0.29) is 17.7 Å². The number of hydrogen-bond donors (Lipinski definition) is 4. The molecule has 1 rings (SSSR count). The topological polar surface area (TPSA) is 145 Å². The molecular weight excluding hydrogens is 310 g/mol. The molecule has 1 aliphatic rings. The molecule has 1 saturated heterocycles. The average Bonchev–Trinajstić information content (AvgIpc) is 3.00.